The highest BCUT2D eigenvalue weighted by atomic mass is 16.5. The van der Waals surface area contributed by atoms with E-state index in [1.54, 1.807) is 4.90 Å². The number of carboxylic acids is 1. The third kappa shape index (κ3) is 5.06. The van der Waals surface area contributed by atoms with Crippen LogP contribution in [0.3, 0.4) is 0 Å². The quantitative estimate of drug-likeness (QED) is 0.791. The van der Waals surface area contributed by atoms with E-state index in [1.807, 2.05) is 0 Å². The first-order chi connectivity index (χ1) is 9.08. The molecule has 2 unspecified atom stereocenters. The van der Waals surface area contributed by atoms with Gasteiger partial charge >= 0.3 is 12.0 Å². The van der Waals surface area contributed by atoms with Crippen molar-refractivity contribution >= 4 is 12.0 Å². The van der Waals surface area contributed by atoms with E-state index in [0.717, 1.165) is 38.8 Å². The Balaban J connectivity index is 2.38. The van der Waals surface area contributed by atoms with Crippen molar-refractivity contribution in [2.24, 2.45) is 5.92 Å². The third-order valence-corrected chi connectivity index (χ3v) is 3.71. The van der Waals surface area contributed by atoms with Gasteiger partial charge in [-0.1, -0.05) is 13.3 Å². The van der Waals surface area contributed by atoms with Crippen LogP contribution in [0.1, 0.15) is 32.6 Å². The van der Waals surface area contributed by atoms with E-state index >= 15 is 0 Å². The van der Waals surface area contributed by atoms with Crippen LogP contribution in [0, 0.1) is 5.92 Å². The van der Waals surface area contributed by atoms with E-state index in [0.29, 0.717) is 5.92 Å². The molecule has 1 aliphatic heterocycles. The highest BCUT2D eigenvalue weighted by molar-refractivity contribution is 5.77. The molecule has 2 atom stereocenters. The van der Waals surface area contributed by atoms with Gasteiger partial charge in [-0.25, -0.2) is 9.59 Å². The van der Waals surface area contributed by atoms with Crippen molar-refractivity contribution in [3.8, 4) is 0 Å². The van der Waals surface area contributed by atoms with Gasteiger partial charge in [0.05, 0.1) is 6.54 Å². The molecule has 1 heterocycles. The monoisotopic (exact) mass is 272 g/mol. The molecule has 1 rings (SSSR count). The number of hydrogen-bond acceptors (Lipinski definition) is 3. The van der Waals surface area contributed by atoms with Crippen LogP contribution in [-0.4, -0.2) is 54.9 Å². The summed E-state index contributed by atoms with van der Waals surface area (Å²) >= 11 is 0. The van der Waals surface area contributed by atoms with Gasteiger partial charge in [0, 0.05) is 20.2 Å². The van der Waals surface area contributed by atoms with Crippen molar-refractivity contribution < 1.29 is 19.4 Å². The molecule has 19 heavy (non-hydrogen) atoms. The molecule has 0 spiro atoms. The number of ether oxygens (including phenoxy) is 1. The topological polar surface area (TPSA) is 78.9 Å². The lowest BCUT2D eigenvalue weighted by Crippen LogP contribution is -2.45. The second-order valence-electron chi connectivity index (χ2n) is 4.94. The predicted octanol–water partition coefficient (Wildman–Crippen LogP) is 1.31. The van der Waals surface area contributed by atoms with Gasteiger partial charge in [0.2, 0.25) is 0 Å². The Morgan fingerprint density at radius 3 is 2.74 bits per heavy atom. The first-order valence-electron chi connectivity index (χ1n) is 6.86. The van der Waals surface area contributed by atoms with Crippen LogP contribution in [0.25, 0.3) is 0 Å². The summed E-state index contributed by atoms with van der Waals surface area (Å²) in [5.41, 5.74) is 0. The molecule has 2 amide bonds. The highest BCUT2D eigenvalue weighted by Gasteiger charge is 2.22. The second kappa shape index (κ2) is 7.99. The molecule has 0 radical (unpaired) electrons. The van der Waals surface area contributed by atoms with E-state index in [-0.39, 0.29) is 12.6 Å². The molecule has 1 saturated heterocycles. The number of urea groups is 1. The fourth-order valence-corrected chi connectivity index (χ4v) is 2.34. The van der Waals surface area contributed by atoms with Gasteiger partial charge in [0.15, 0.2) is 6.10 Å². The van der Waals surface area contributed by atoms with E-state index < -0.39 is 12.1 Å². The highest BCUT2D eigenvalue weighted by Crippen LogP contribution is 2.20. The van der Waals surface area contributed by atoms with Crippen LogP contribution in [-0.2, 0) is 9.53 Å². The number of methoxy groups -OCH3 is 1. The number of likely N-dealkylation sites (tertiary alicyclic amines) is 1. The van der Waals surface area contributed by atoms with E-state index in [9.17, 15) is 9.59 Å². The average molecular weight is 272 g/mol. The minimum atomic E-state index is -1.07. The molecule has 1 fully saturated rings. The van der Waals surface area contributed by atoms with Gasteiger partial charge in [0.1, 0.15) is 0 Å². The van der Waals surface area contributed by atoms with Crippen LogP contribution in [0.2, 0.25) is 0 Å². The van der Waals surface area contributed by atoms with Crippen molar-refractivity contribution in [3.05, 3.63) is 0 Å². The maximum atomic E-state index is 12.0. The summed E-state index contributed by atoms with van der Waals surface area (Å²) in [4.78, 5) is 24.5. The molecule has 0 aromatic carbocycles. The lowest BCUT2D eigenvalue weighted by Gasteiger charge is -2.22. The Labute approximate surface area is 114 Å². The van der Waals surface area contributed by atoms with Gasteiger partial charge < -0.3 is 20.1 Å². The van der Waals surface area contributed by atoms with Gasteiger partial charge in [-0.3, -0.25) is 0 Å². The van der Waals surface area contributed by atoms with Crippen LogP contribution >= 0.6 is 0 Å². The number of carboxylic acid groups (broad SMARTS) is 1. The number of carbonyl (C=O) groups is 2. The Bertz CT molecular complexity index is 309. The molecule has 110 valence electrons. The number of carbonyl (C=O) groups excluding carboxylic acids is 1. The van der Waals surface area contributed by atoms with Crippen LogP contribution in [0.4, 0.5) is 4.79 Å². The van der Waals surface area contributed by atoms with Gasteiger partial charge in [0.25, 0.3) is 0 Å². The van der Waals surface area contributed by atoms with Gasteiger partial charge in [-0.05, 0) is 25.2 Å². The first kappa shape index (κ1) is 15.8. The predicted molar refractivity (Wildman–Crippen MR) is 71.0 cm³/mol. The zero-order chi connectivity index (χ0) is 14.3. The van der Waals surface area contributed by atoms with Gasteiger partial charge in [-0.15, -0.1) is 0 Å². The molecule has 6 heteroatoms. The van der Waals surface area contributed by atoms with Crippen LogP contribution in [0.5, 0.6) is 0 Å². The van der Waals surface area contributed by atoms with E-state index in [2.05, 4.69) is 12.2 Å². The number of nitrogens with one attached hydrogen (secondary N) is 1. The molecular formula is C13H24N2O4. The molecule has 6 nitrogen and oxygen atoms in total. The summed E-state index contributed by atoms with van der Waals surface area (Å²) in [6, 6.07) is -0.194. The maximum absolute atomic E-state index is 12.0. The zero-order valence-electron chi connectivity index (χ0n) is 11.7. The smallest absolute Gasteiger partial charge is 0.334 e. The first-order valence-corrected chi connectivity index (χ1v) is 6.86. The Morgan fingerprint density at radius 2 is 2.16 bits per heavy atom. The Morgan fingerprint density at radius 1 is 1.42 bits per heavy atom. The number of nitrogens with zero attached hydrogens (tertiary/aromatic N) is 1. The van der Waals surface area contributed by atoms with Gasteiger partial charge in [-0.2, -0.15) is 0 Å². The van der Waals surface area contributed by atoms with Crippen LogP contribution < -0.4 is 5.32 Å². The summed E-state index contributed by atoms with van der Waals surface area (Å²) < 4.78 is 4.78. The van der Waals surface area contributed by atoms with E-state index in [1.165, 1.54) is 7.11 Å². The second-order valence-corrected chi connectivity index (χ2v) is 4.94. The molecule has 0 aliphatic carbocycles. The molecule has 0 bridgehead atoms. The van der Waals surface area contributed by atoms with Crippen molar-refractivity contribution in [2.75, 3.05) is 26.7 Å². The van der Waals surface area contributed by atoms with E-state index in [4.69, 9.17) is 9.84 Å². The summed E-state index contributed by atoms with van der Waals surface area (Å²) in [5.74, 6) is -0.367. The Hall–Kier alpha value is -1.30. The lowest BCUT2D eigenvalue weighted by atomic mass is 9.98. The SMILES string of the molecule is CCC1CCCN(C(=O)NCC(OC)C(=O)O)CC1. The summed E-state index contributed by atoms with van der Waals surface area (Å²) in [7, 11) is 1.32. The fourth-order valence-electron chi connectivity index (χ4n) is 2.34. The minimum absolute atomic E-state index is 0.00161. The van der Waals surface area contributed by atoms with Crippen molar-refractivity contribution in [3.63, 3.8) is 0 Å². The summed E-state index contributed by atoms with van der Waals surface area (Å²) in [6.07, 6.45) is 3.37. The normalized spacial score (nSPS) is 21.6. The van der Waals surface area contributed by atoms with Crippen molar-refractivity contribution in [1.82, 2.24) is 10.2 Å². The molecule has 1 aliphatic rings. The van der Waals surface area contributed by atoms with Crippen molar-refractivity contribution in [1.29, 1.82) is 0 Å². The number of rotatable bonds is 5. The number of aliphatic carboxylic acids is 1. The average Bonchev–Trinajstić information content (AvgIpc) is 2.64. The fraction of sp³-hybridized carbons (Fsp3) is 0.846. The zero-order valence-corrected chi connectivity index (χ0v) is 11.7. The van der Waals surface area contributed by atoms with Crippen LogP contribution in [0.15, 0.2) is 0 Å². The molecular weight excluding hydrogens is 248 g/mol. The molecule has 0 aromatic rings. The van der Waals surface area contributed by atoms with Crippen molar-refractivity contribution in [2.45, 2.75) is 38.7 Å². The molecule has 2 N–H and O–H groups in total. The standard InChI is InChI=1S/C13H24N2O4/c1-3-10-5-4-7-15(8-6-10)13(18)14-9-11(19-2)12(16)17/h10-11H,3-9H2,1-2H3,(H,14,18)(H,16,17). The largest absolute Gasteiger partial charge is 0.479 e. The summed E-state index contributed by atoms with van der Waals surface area (Å²) in [5, 5.41) is 11.4. The molecule has 0 saturated carbocycles. The maximum Gasteiger partial charge on any atom is 0.334 e. The lowest BCUT2D eigenvalue weighted by molar-refractivity contribution is -0.148. The molecule has 0 aromatic heterocycles. The Kier molecular flexibility index (Phi) is 6.62. The third-order valence-electron chi connectivity index (χ3n) is 3.71. The minimum Gasteiger partial charge on any atom is -0.479 e. The number of amides is 2. The number of hydrogen-bond donors (Lipinski definition) is 2. The summed E-state index contributed by atoms with van der Waals surface area (Å²) in [6.45, 7) is 3.66.